The molecule has 0 aliphatic rings. The molecular weight excluding hydrogens is 378 g/mol. The van der Waals surface area contributed by atoms with Gasteiger partial charge in [0.25, 0.3) is 5.56 Å². The summed E-state index contributed by atoms with van der Waals surface area (Å²) in [4.78, 5) is 29.9. The van der Waals surface area contributed by atoms with Gasteiger partial charge in [0.05, 0.1) is 7.11 Å². The highest BCUT2D eigenvalue weighted by atomic mass is 35.5. The van der Waals surface area contributed by atoms with Crippen molar-refractivity contribution in [3.63, 3.8) is 0 Å². The number of carbonyl (C=O) groups excluding carboxylic acids is 1. The number of rotatable bonds is 5. The second-order valence-electron chi connectivity index (χ2n) is 6.32. The monoisotopic (exact) mass is 397 g/mol. The summed E-state index contributed by atoms with van der Waals surface area (Å²) in [6.07, 6.45) is 0. The van der Waals surface area contributed by atoms with Gasteiger partial charge in [0.15, 0.2) is 0 Å². The SMILES string of the molecule is COc1ccc(NC(=O)Cn2c(-c3cccc(Cl)c3)nc(C)c(C)c2=O)cc1. The minimum atomic E-state index is -0.333. The largest absolute Gasteiger partial charge is 0.497 e. The standard InChI is InChI=1S/C21H20ClN3O3/c1-13-14(2)23-20(15-5-4-6-16(22)11-15)25(21(13)27)12-19(26)24-17-7-9-18(28-3)10-8-17/h4-11H,12H2,1-3H3,(H,24,26). The Morgan fingerprint density at radius 2 is 1.89 bits per heavy atom. The van der Waals surface area contributed by atoms with Crippen LogP contribution in [0.3, 0.4) is 0 Å². The molecule has 0 saturated carbocycles. The van der Waals surface area contributed by atoms with E-state index in [0.29, 0.717) is 39.1 Å². The van der Waals surface area contributed by atoms with E-state index < -0.39 is 0 Å². The van der Waals surface area contributed by atoms with Crippen LogP contribution in [-0.2, 0) is 11.3 Å². The third-order valence-corrected chi connectivity index (χ3v) is 4.63. The molecule has 0 atom stereocenters. The zero-order chi connectivity index (χ0) is 20.3. The smallest absolute Gasteiger partial charge is 0.257 e. The Bertz CT molecular complexity index is 1080. The number of anilines is 1. The van der Waals surface area contributed by atoms with Gasteiger partial charge in [-0.25, -0.2) is 4.98 Å². The van der Waals surface area contributed by atoms with Crippen molar-refractivity contribution in [1.29, 1.82) is 0 Å². The number of nitrogens with one attached hydrogen (secondary N) is 1. The molecule has 6 nitrogen and oxygen atoms in total. The highest BCUT2D eigenvalue weighted by Gasteiger charge is 2.16. The van der Waals surface area contributed by atoms with Crippen LogP contribution < -0.4 is 15.6 Å². The molecule has 0 saturated heterocycles. The van der Waals surface area contributed by atoms with Gasteiger partial charge >= 0.3 is 0 Å². The molecule has 0 radical (unpaired) electrons. The summed E-state index contributed by atoms with van der Waals surface area (Å²) in [6, 6.07) is 14.0. The van der Waals surface area contributed by atoms with Crippen LogP contribution in [0.15, 0.2) is 53.3 Å². The summed E-state index contributed by atoms with van der Waals surface area (Å²) in [7, 11) is 1.57. The van der Waals surface area contributed by atoms with Crippen LogP contribution in [-0.4, -0.2) is 22.6 Å². The normalized spacial score (nSPS) is 10.6. The summed E-state index contributed by atoms with van der Waals surface area (Å²) in [5.74, 6) is 0.761. The van der Waals surface area contributed by atoms with Crippen molar-refractivity contribution in [2.45, 2.75) is 20.4 Å². The minimum absolute atomic E-state index is 0.166. The molecule has 1 aromatic heterocycles. The molecule has 0 bridgehead atoms. The Kier molecular flexibility index (Phi) is 5.80. The highest BCUT2D eigenvalue weighted by molar-refractivity contribution is 6.30. The number of amides is 1. The van der Waals surface area contributed by atoms with Crippen LogP contribution in [0.5, 0.6) is 5.75 Å². The van der Waals surface area contributed by atoms with E-state index in [1.54, 1.807) is 69.5 Å². The average molecular weight is 398 g/mol. The Labute approximate surface area is 167 Å². The maximum absolute atomic E-state index is 12.8. The van der Waals surface area contributed by atoms with Gasteiger partial charge in [-0.15, -0.1) is 0 Å². The van der Waals surface area contributed by atoms with Crippen molar-refractivity contribution >= 4 is 23.2 Å². The fourth-order valence-corrected chi connectivity index (χ4v) is 2.96. The van der Waals surface area contributed by atoms with Crippen molar-refractivity contribution in [3.05, 3.63) is 75.2 Å². The Hall–Kier alpha value is -3.12. The summed E-state index contributed by atoms with van der Waals surface area (Å²) < 4.78 is 6.47. The lowest BCUT2D eigenvalue weighted by Gasteiger charge is -2.15. The average Bonchev–Trinajstić information content (AvgIpc) is 2.69. The lowest BCUT2D eigenvalue weighted by molar-refractivity contribution is -0.116. The van der Waals surface area contributed by atoms with Crippen molar-refractivity contribution in [2.75, 3.05) is 12.4 Å². The third-order valence-electron chi connectivity index (χ3n) is 4.40. The predicted octanol–water partition coefficient (Wildman–Crippen LogP) is 3.83. The second kappa shape index (κ2) is 8.27. The maximum atomic E-state index is 12.8. The second-order valence-corrected chi connectivity index (χ2v) is 6.76. The molecule has 144 valence electrons. The summed E-state index contributed by atoms with van der Waals surface area (Å²) >= 11 is 6.09. The lowest BCUT2D eigenvalue weighted by Crippen LogP contribution is -2.31. The third kappa shape index (κ3) is 4.23. The quantitative estimate of drug-likeness (QED) is 0.710. The number of halogens is 1. The van der Waals surface area contributed by atoms with Crippen molar-refractivity contribution in [3.8, 4) is 17.1 Å². The Morgan fingerprint density at radius 3 is 2.54 bits per heavy atom. The van der Waals surface area contributed by atoms with Gasteiger partial charge in [-0.1, -0.05) is 23.7 Å². The number of ether oxygens (including phenoxy) is 1. The molecule has 7 heteroatoms. The lowest BCUT2D eigenvalue weighted by atomic mass is 10.1. The van der Waals surface area contributed by atoms with Crippen LogP contribution in [0, 0.1) is 13.8 Å². The number of benzene rings is 2. The van der Waals surface area contributed by atoms with Crippen LogP contribution in [0.2, 0.25) is 5.02 Å². The van der Waals surface area contributed by atoms with Gasteiger partial charge < -0.3 is 10.1 Å². The predicted molar refractivity (Wildman–Crippen MR) is 110 cm³/mol. The van der Waals surface area contributed by atoms with E-state index in [-0.39, 0.29) is 18.0 Å². The van der Waals surface area contributed by atoms with Gasteiger partial charge in [-0.05, 0) is 50.2 Å². The van der Waals surface area contributed by atoms with E-state index in [2.05, 4.69) is 10.3 Å². The Balaban J connectivity index is 1.94. The minimum Gasteiger partial charge on any atom is -0.497 e. The molecular formula is C21H20ClN3O3. The van der Waals surface area contributed by atoms with E-state index >= 15 is 0 Å². The van der Waals surface area contributed by atoms with Gasteiger partial charge in [-0.2, -0.15) is 0 Å². The number of nitrogens with zero attached hydrogens (tertiary/aromatic N) is 2. The molecule has 28 heavy (non-hydrogen) atoms. The molecule has 0 fully saturated rings. The number of aryl methyl sites for hydroxylation is 1. The van der Waals surface area contributed by atoms with Crippen LogP contribution >= 0.6 is 11.6 Å². The summed E-state index contributed by atoms with van der Waals surface area (Å²) in [6.45, 7) is 3.30. The molecule has 0 aliphatic carbocycles. The summed E-state index contributed by atoms with van der Waals surface area (Å²) in [5.41, 5.74) is 2.15. The van der Waals surface area contributed by atoms with E-state index in [9.17, 15) is 9.59 Å². The van der Waals surface area contributed by atoms with Crippen LogP contribution in [0.1, 0.15) is 11.3 Å². The molecule has 1 heterocycles. The zero-order valence-electron chi connectivity index (χ0n) is 15.8. The number of methoxy groups -OCH3 is 1. The molecule has 0 unspecified atom stereocenters. The van der Waals surface area contributed by atoms with Crippen molar-refractivity contribution in [1.82, 2.24) is 9.55 Å². The first kappa shape index (κ1) is 19.6. The van der Waals surface area contributed by atoms with Gasteiger partial charge in [0.2, 0.25) is 5.91 Å². The summed E-state index contributed by atoms with van der Waals surface area (Å²) in [5, 5.41) is 3.31. The van der Waals surface area contributed by atoms with E-state index in [0.717, 1.165) is 0 Å². The fourth-order valence-electron chi connectivity index (χ4n) is 2.77. The molecule has 0 spiro atoms. The van der Waals surface area contributed by atoms with Crippen molar-refractivity contribution < 1.29 is 9.53 Å². The number of hydrogen-bond acceptors (Lipinski definition) is 4. The number of aromatic nitrogens is 2. The van der Waals surface area contributed by atoms with E-state index in [4.69, 9.17) is 16.3 Å². The van der Waals surface area contributed by atoms with Crippen LogP contribution in [0.4, 0.5) is 5.69 Å². The Morgan fingerprint density at radius 1 is 1.18 bits per heavy atom. The molecule has 1 amide bonds. The van der Waals surface area contributed by atoms with Gasteiger partial charge in [0.1, 0.15) is 18.1 Å². The van der Waals surface area contributed by atoms with E-state index in [1.165, 1.54) is 4.57 Å². The number of carbonyl (C=O) groups is 1. The van der Waals surface area contributed by atoms with Crippen molar-refractivity contribution in [2.24, 2.45) is 0 Å². The topological polar surface area (TPSA) is 73.2 Å². The maximum Gasteiger partial charge on any atom is 0.257 e. The first-order chi connectivity index (χ1) is 13.4. The van der Waals surface area contributed by atoms with E-state index in [1.807, 2.05) is 0 Å². The number of hydrogen-bond donors (Lipinski definition) is 1. The van der Waals surface area contributed by atoms with Crippen LogP contribution in [0.25, 0.3) is 11.4 Å². The fraction of sp³-hybridized carbons (Fsp3) is 0.190. The molecule has 3 rings (SSSR count). The van der Waals surface area contributed by atoms with Gasteiger partial charge in [0, 0.05) is 27.5 Å². The zero-order valence-corrected chi connectivity index (χ0v) is 16.6. The molecule has 3 aromatic rings. The highest BCUT2D eigenvalue weighted by Crippen LogP contribution is 2.21. The molecule has 2 aromatic carbocycles. The van der Waals surface area contributed by atoms with Gasteiger partial charge in [-0.3, -0.25) is 14.2 Å². The first-order valence-corrected chi connectivity index (χ1v) is 9.04. The molecule has 1 N–H and O–H groups in total. The first-order valence-electron chi connectivity index (χ1n) is 8.67. The molecule has 0 aliphatic heterocycles.